The minimum absolute atomic E-state index is 0.0181. The molecule has 1 atom stereocenters. The van der Waals surface area contributed by atoms with E-state index in [4.69, 9.17) is 11.6 Å². The van der Waals surface area contributed by atoms with Crippen molar-refractivity contribution in [3.63, 3.8) is 0 Å². The Morgan fingerprint density at radius 2 is 1.82 bits per heavy atom. The minimum atomic E-state index is -0.371. The number of halogens is 1. The van der Waals surface area contributed by atoms with Gasteiger partial charge in [0, 0.05) is 17.5 Å². The monoisotopic (exact) mass is 253 g/mol. The van der Waals surface area contributed by atoms with E-state index in [1.54, 1.807) is 4.90 Å². The predicted octanol–water partition coefficient (Wildman–Crippen LogP) is 3.91. The summed E-state index contributed by atoms with van der Waals surface area (Å²) in [7, 11) is 1.82. The number of benzene rings is 1. The molecule has 0 aliphatic rings. The summed E-state index contributed by atoms with van der Waals surface area (Å²) in [4.78, 5) is 13.9. The van der Waals surface area contributed by atoms with Crippen molar-refractivity contribution in [2.75, 3.05) is 7.05 Å². The van der Waals surface area contributed by atoms with Crippen LogP contribution in [0.5, 0.6) is 0 Å². The van der Waals surface area contributed by atoms with Gasteiger partial charge < -0.3 is 4.90 Å². The van der Waals surface area contributed by atoms with E-state index in [9.17, 15) is 4.79 Å². The van der Waals surface area contributed by atoms with Crippen LogP contribution >= 0.6 is 11.6 Å². The summed E-state index contributed by atoms with van der Waals surface area (Å²) in [6.07, 6.45) is 0. The fourth-order valence-electron chi connectivity index (χ4n) is 1.73. The number of hydrogen-bond acceptors (Lipinski definition) is 1. The summed E-state index contributed by atoms with van der Waals surface area (Å²) in [5.74, 6) is 0.116. The molecule has 0 saturated heterocycles. The Hall–Kier alpha value is -1.02. The second-order valence-electron chi connectivity index (χ2n) is 5.36. The summed E-state index contributed by atoms with van der Waals surface area (Å²) in [5.41, 5.74) is 0.610. The van der Waals surface area contributed by atoms with Gasteiger partial charge in [0.15, 0.2) is 0 Å². The Kier molecular flexibility index (Phi) is 4.21. The SMILES string of the molecule is CC(c1ccccc1Cl)N(C)C(=O)C(C)(C)C. The Morgan fingerprint density at radius 3 is 2.29 bits per heavy atom. The minimum Gasteiger partial charge on any atom is -0.338 e. The van der Waals surface area contributed by atoms with Crippen LogP contribution in [0.25, 0.3) is 0 Å². The number of nitrogens with zero attached hydrogens (tertiary/aromatic N) is 1. The lowest BCUT2D eigenvalue weighted by molar-refractivity contribution is -0.140. The van der Waals surface area contributed by atoms with Crippen LogP contribution in [0.2, 0.25) is 5.02 Å². The lowest BCUT2D eigenvalue weighted by Crippen LogP contribution is -2.38. The van der Waals surface area contributed by atoms with Crippen molar-refractivity contribution in [1.82, 2.24) is 4.90 Å². The molecule has 2 nitrogen and oxygen atoms in total. The van der Waals surface area contributed by atoms with Gasteiger partial charge in [0.2, 0.25) is 5.91 Å². The van der Waals surface area contributed by atoms with E-state index in [-0.39, 0.29) is 17.4 Å². The third kappa shape index (κ3) is 3.22. The van der Waals surface area contributed by atoms with Crippen molar-refractivity contribution in [3.8, 4) is 0 Å². The molecule has 0 saturated carbocycles. The molecule has 0 spiro atoms. The Balaban J connectivity index is 2.95. The van der Waals surface area contributed by atoms with Gasteiger partial charge in [0.25, 0.3) is 0 Å². The summed E-state index contributed by atoms with van der Waals surface area (Å²) in [6, 6.07) is 7.62. The second kappa shape index (κ2) is 5.09. The van der Waals surface area contributed by atoms with Crippen molar-refractivity contribution >= 4 is 17.5 Å². The molecule has 0 heterocycles. The van der Waals surface area contributed by atoms with Gasteiger partial charge in [-0.15, -0.1) is 0 Å². The van der Waals surface area contributed by atoms with Crippen molar-refractivity contribution in [3.05, 3.63) is 34.9 Å². The summed E-state index contributed by atoms with van der Waals surface area (Å²) >= 11 is 6.14. The number of amides is 1. The van der Waals surface area contributed by atoms with E-state index in [1.165, 1.54) is 0 Å². The van der Waals surface area contributed by atoms with Gasteiger partial charge in [-0.25, -0.2) is 0 Å². The zero-order chi connectivity index (χ0) is 13.2. The molecule has 0 bridgehead atoms. The molecular formula is C14H20ClNO. The fourth-order valence-corrected chi connectivity index (χ4v) is 2.02. The average Bonchev–Trinajstić information content (AvgIpc) is 2.25. The molecule has 0 radical (unpaired) electrons. The van der Waals surface area contributed by atoms with Crippen LogP contribution in [0.1, 0.15) is 39.3 Å². The fraction of sp³-hybridized carbons (Fsp3) is 0.500. The quantitative estimate of drug-likeness (QED) is 0.783. The van der Waals surface area contributed by atoms with Gasteiger partial charge in [-0.2, -0.15) is 0 Å². The first-order valence-corrected chi connectivity index (χ1v) is 6.14. The van der Waals surface area contributed by atoms with Crippen molar-refractivity contribution in [1.29, 1.82) is 0 Å². The average molecular weight is 254 g/mol. The van der Waals surface area contributed by atoms with E-state index >= 15 is 0 Å². The van der Waals surface area contributed by atoms with Crippen LogP contribution < -0.4 is 0 Å². The zero-order valence-electron chi connectivity index (χ0n) is 11.1. The first-order chi connectivity index (χ1) is 7.75. The molecule has 17 heavy (non-hydrogen) atoms. The molecule has 1 unspecified atom stereocenters. The van der Waals surface area contributed by atoms with Crippen LogP contribution in [0.3, 0.4) is 0 Å². The lowest BCUT2D eigenvalue weighted by Gasteiger charge is -2.31. The van der Waals surface area contributed by atoms with Gasteiger partial charge in [-0.3, -0.25) is 4.79 Å². The summed E-state index contributed by atoms with van der Waals surface area (Å²) < 4.78 is 0. The molecule has 0 aromatic heterocycles. The zero-order valence-corrected chi connectivity index (χ0v) is 11.9. The number of carbonyl (C=O) groups is 1. The highest BCUT2D eigenvalue weighted by Gasteiger charge is 2.28. The molecule has 1 aromatic carbocycles. The molecule has 1 rings (SSSR count). The highest BCUT2D eigenvalue weighted by Crippen LogP contribution is 2.29. The molecule has 3 heteroatoms. The van der Waals surface area contributed by atoms with Crippen LogP contribution in [0.4, 0.5) is 0 Å². The highest BCUT2D eigenvalue weighted by molar-refractivity contribution is 6.31. The Bertz CT molecular complexity index is 409. The molecule has 1 amide bonds. The normalized spacial score (nSPS) is 13.3. The van der Waals surface area contributed by atoms with Gasteiger partial charge in [0.1, 0.15) is 0 Å². The van der Waals surface area contributed by atoms with Crippen molar-refractivity contribution < 1.29 is 4.79 Å². The maximum Gasteiger partial charge on any atom is 0.228 e. The smallest absolute Gasteiger partial charge is 0.228 e. The van der Waals surface area contributed by atoms with Gasteiger partial charge in [-0.1, -0.05) is 50.6 Å². The van der Waals surface area contributed by atoms with Crippen LogP contribution in [-0.4, -0.2) is 17.9 Å². The van der Waals surface area contributed by atoms with E-state index < -0.39 is 0 Å². The van der Waals surface area contributed by atoms with E-state index in [0.717, 1.165) is 5.56 Å². The largest absolute Gasteiger partial charge is 0.338 e. The van der Waals surface area contributed by atoms with Gasteiger partial charge in [0.05, 0.1) is 6.04 Å². The van der Waals surface area contributed by atoms with Crippen molar-refractivity contribution in [2.24, 2.45) is 5.41 Å². The molecule has 0 aliphatic carbocycles. The highest BCUT2D eigenvalue weighted by atomic mass is 35.5. The molecule has 1 aromatic rings. The summed E-state index contributed by atoms with van der Waals surface area (Å²) in [5, 5.41) is 0.702. The Labute approximate surface area is 109 Å². The maximum atomic E-state index is 12.2. The molecular weight excluding hydrogens is 234 g/mol. The van der Waals surface area contributed by atoms with E-state index in [0.29, 0.717) is 5.02 Å². The topological polar surface area (TPSA) is 20.3 Å². The van der Waals surface area contributed by atoms with Crippen LogP contribution in [0, 0.1) is 5.41 Å². The third-order valence-electron chi connectivity index (χ3n) is 2.90. The van der Waals surface area contributed by atoms with Gasteiger partial charge >= 0.3 is 0 Å². The number of hydrogen-bond donors (Lipinski definition) is 0. The number of rotatable bonds is 2. The summed E-state index contributed by atoms with van der Waals surface area (Å²) in [6.45, 7) is 7.76. The van der Waals surface area contributed by atoms with Crippen LogP contribution in [-0.2, 0) is 4.79 Å². The van der Waals surface area contributed by atoms with Crippen LogP contribution in [0.15, 0.2) is 24.3 Å². The molecule has 94 valence electrons. The van der Waals surface area contributed by atoms with E-state index in [1.807, 2.05) is 59.0 Å². The molecule has 0 fully saturated rings. The predicted molar refractivity (Wildman–Crippen MR) is 72.1 cm³/mol. The molecule has 0 N–H and O–H groups in total. The third-order valence-corrected chi connectivity index (χ3v) is 3.24. The lowest BCUT2D eigenvalue weighted by atomic mass is 9.93. The first-order valence-electron chi connectivity index (χ1n) is 5.77. The molecule has 0 aliphatic heterocycles. The number of carbonyl (C=O) groups excluding carboxylic acids is 1. The standard InChI is InChI=1S/C14H20ClNO/c1-10(11-8-6-7-9-12(11)15)16(5)13(17)14(2,3)4/h6-10H,1-5H3. The second-order valence-corrected chi connectivity index (χ2v) is 5.77. The first kappa shape index (κ1) is 14.0. The Morgan fingerprint density at radius 1 is 1.29 bits per heavy atom. The maximum absolute atomic E-state index is 12.2. The van der Waals surface area contributed by atoms with Gasteiger partial charge in [-0.05, 0) is 18.6 Å². The van der Waals surface area contributed by atoms with E-state index in [2.05, 4.69) is 0 Å². The van der Waals surface area contributed by atoms with Crippen molar-refractivity contribution in [2.45, 2.75) is 33.7 Å².